The number of carbonyl (C=O) groups excluding carboxylic acids is 1. The standard InChI is InChI=1S/C18H25NO3S/c1-12-6-7-15(11-13(12)2)23-10-8-17(20)19-9-4-5-16(14(19)3)18(21)22/h6-7,11,14,16H,4-5,8-10H2,1-3H3,(H,21,22)/t14-,16-/m1/s1. The number of benzene rings is 1. The summed E-state index contributed by atoms with van der Waals surface area (Å²) in [6.07, 6.45) is 1.89. The molecule has 0 spiro atoms. The van der Waals surface area contributed by atoms with Crippen LogP contribution in [-0.2, 0) is 9.59 Å². The van der Waals surface area contributed by atoms with E-state index in [0.717, 1.165) is 12.2 Å². The monoisotopic (exact) mass is 335 g/mol. The van der Waals surface area contributed by atoms with Crippen LogP contribution in [0.3, 0.4) is 0 Å². The van der Waals surface area contributed by atoms with Gasteiger partial charge in [0.1, 0.15) is 0 Å². The Morgan fingerprint density at radius 3 is 2.70 bits per heavy atom. The molecule has 0 aromatic heterocycles. The molecule has 2 atom stereocenters. The number of aryl methyl sites for hydroxylation is 2. The molecule has 1 saturated heterocycles. The second-order valence-corrected chi connectivity index (χ2v) is 7.43. The zero-order chi connectivity index (χ0) is 17.0. The summed E-state index contributed by atoms with van der Waals surface area (Å²) in [5.74, 6) is -0.429. The number of carboxylic acid groups (broad SMARTS) is 1. The van der Waals surface area contributed by atoms with Crippen LogP contribution in [0.5, 0.6) is 0 Å². The Morgan fingerprint density at radius 1 is 1.30 bits per heavy atom. The lowest BCUT2D eigenvalue weighted by atomic mass is 9.90. The minimum absolute atomic E-state index is 0.0692. The number of piperidine rings is 1. The van der Waals surface area contributed by atoms with Crippen LogP contribution in [0.2, 0.25) is 0 Å². The SMILES string of the molecule is Cc1ccc(SCCC(=O)N2CCC[C@@H](C(=O)O)[C@H]2C)cc1C. The number of rotatable bonds is 5. The first-order valence-corrected chi connectivity index (χ1v) is 9.11. The molecule has 1 heterocycles. The highest BCUT2D eigenvalue weighted by Gasteiger charge is 2.34. The zero-order valence-corrected chi connectivity index (χ0v) is 14.9. The van der Waals surface area contributed by atoms with Gasteiger partial charge in [-0.1, -0.05) is 6.07 Å². The van der Waals surface area contributed by atoms with Crippen LogP contribution in [0, 0.1) is 19.8 Å². The minimum Gasteiger partial charge on any atom is -0.481 e. The first-order chi connectivity index (χ1) is 10.9. The van der Waals surface area contributed by atoms with Gasteiger partial charge >= 0.3 is 5.97 Å². The Balaban J connectivity index is 1.86. The van der Waals surface area contributed by atoms with Crippen molar-refractivity contribution in [1.82, 2.24) is 4.90 Å². The highest BCUT2D eigenvalue weighted by atomic mass is 32.2. The quantitative estimate of drug-likeness (QED) is 0.837. The number of thioether (sulfide) groups is 1. The number of hydrogen-bond donors (Lipinski definition) is 1. The first-order valence-electron chi connectivity index (χ1n) is 8.12. The number of carboxylic acids is 1. The van der Waals surface area contributed by atoms with Crippen LogP contribution >= 0.6 is 11.8 Å². The number of hydrogen-bond acceptors (Lipinski definition) is 3. The molecule has 0 saturated carbocycles. The molecule has 5 heteroatoms. The average Bonchev–Trinajstić information content (AvgIpc) is 2.50. The van der Waals surface area contributed by atoms with Gasteiger partial charge in [-0.15, -0.1) is 11.8 Å². The second kappa shape index (κ2) is 7.86. The van der Waals surface area contributed by atoms with E-state index in [4.69, 9.17) is 0 Å². The van der Waals surface area contributed by atoms with E-state index in [9.17, 15) is 14.7 Å². The highest BCUT2D eigenvalue weighted by Crippen LogP contribution is 2.26. The third-order valence-electron chi connectivity index (χ3n) is 4.69. The fraction of sp³-hybridized carbons (Fsp3) is 0.556. The number of aliphatic carboxylic acids is 1. The van der Waals surface area contributed by atoms with E-state index in [1.165, 1.54) is 16.0 Å². The molecule has 1 fully saturated rings. The van der Waals surface area contributed by atoms with Crippen molar-refractivity contribution in [3.05, 3.63) is 29.3 Å². The lowest BCUT2D eigenvalue weighted by Gasteiger charge is -2.37. The average molecular weight is 335 g/mol. The zero-order valence-electron chi connectivity index (χ0n) is 14.0. The molecule has 0 radical (unpaired) electrons. The largest absolute Gasteiger partial charge is 0.481 e. The normalized spacial score (nSPS) is 21.3. The van der Waals surface area contributed by atoms with Crippen molar-refractivity contribution in [2.24, 2.45) is 5.92 Å². The maximum Gasteiger partial charge on any atom is 0.308 e. The van der Waals surface area contributed by atoms with Gasteiger partial charge in [-0.25, -0.2) is 0 Å². The fourth-order valence-electron chi connectivity index (χ4n) is 3.03. The van der Waals surface area contributed by atoms with Crippen molar-refractivity contribution in [3.63, 3.8) is 0 Å². The summed E-state index contributed by atoms with van der Waals surface area (Å²) in [5.41, 5.74) is 2.53. The summed E-state index contributed by atoms with van der Waals surface area (Å²) < 4.78 is 0. The van der Waals surface area contributed by atoms with E-state index in [2.05, 4.69) is 32.0 Å². The molecule has 23 heavy (non-hydrogen) atoms. The van der Waals surface area contributed by atoms with E-state index < -0.39 is 11.9 Å². The Labute approximate surface area is 142 Å². The molecule has 2 rings (SSSR count). The molecule has 0 unspecified atom stereocenters. The molecule has 126 valence electrons. The maximum atomic E-state index is 12.4. The number of amides is 1. The fourth-order valence-corrected chi connectivity index (χ4v) is 3.97. The molecular weight excluding hydrogens is 310 g/mol. The van der Waals surface area contributed by atoms with Gasteiger partial charge in [-0.05, 0) is 56.9 Å². The van der Waals surface area contributed by atoms with Gasteiger partial charge in [-0.3, -0.25) is 9.59 Å². The van der Waals surface area contributed by atoms with E-state index in [-0.39, 0.29) is 11.9 Å². The van der Waals surface area contributed by atoms with Crippen molar-refractivity contribution < 1.29 is 14.7 Å². The molecule has 0 bridgehead atoms. The van der Waals surface area contributed by atoms with E-state index >= 15 is 0 Å². The summed E-state index contributed by atoms with van der Waals surface area (Å²) in [6, 6.07) is 6.12. The minimum atomic E-state index is -0.792. The van der Waals surface area contributed by atoms with Gasteiger partial charge in [0.25, 0.3) is 0 Å². The molecule has 4 nitrogen and oxygen atoms in total. The predicted molar refractivity (Wildman–Crippen MR) is 92.8 cm³/mol. The Morgan fingerprint density at radius 2 is 2.04 bits per heavy atom. The van der Waals surface area contributed by atoms with Gasteiger partial charge in [0, 0.05) is 29.7 Å². The number of likely N-dealkylation sites (tertiary alicyclic amines) is 1. The van der Waals surface area contributed by atoms with Gasteiger partial charge in [0.15, 0.2) is 0 Å². The maximum absolute atomic E-state index is 12.4. The van der Waals surface area contributed by atoms with E-state index in [0.29, 0.717) is 19.4 Å². The van der Waals surface area contributed by atoms with Crippen LogP contribution in [0.1, 0.15) is 37.3 Å². The Bertz CT molecular complexity index is 588. The smallest absolute Gasteiger partial charge is 0.308 e. The van der Waals surface area contributed by atoms with Gasteiger partial charge in [-0.2, -0.15) is 0 Å². The molecule has 1 aliphatic rings. The predicted octanol–water partition coefficient (Wildman–Crippen LogP) is 3.50. The molecule has 1 N–H and O–H groups in total. The van der Waals surface area contributed by atoms with Crippen LogP contribution < -0.4 is 0 Å². The summed E-state index contributed by atoms with van der Waals surface area (Å²) in [4.78, 5) is 26.6. The van der Waals surface area contributed by atoms with Crippen LogP contribution in [-0.4, -0.2) is 40.2 Å². The van der Waals surface area contributed by atoms with Crippen molar-refractivity contribution in [1.29, 1.82) is 0 Å². The van der Waals surface area contributed by atoms with Crippen molar-refractivity contribution in [3.8, 4) is 0 Å². The second-order valence-electron chi connectivity index (χ2n) is 6.26. The molecule has 1 aliphatic heterocycles. The van der Waals surface area contributed by atoms with E-state index in [1.807, 2.05) is 6.92 Å². The van der Waals surface area contributed by atoms with Crippen LogP contribution in [0.4, 0.5) is 0 Å². The van der Waals surface area contributed by atoms with Crippen molar-refractivity contribution in [2.45, 2.75) is 51.0 Å². The topological polar surface area (TPSA) is 57.6 Å². The van der Waals surface area contributed by atoms with Gasteiger partial charge in [0.2, 0.25) is 5.91 Å². The third-order valence-corrected chi connectivity index (χ3v) is 5.68. The summed E-state index contributed by atoms with van der Waals surface area (Å²) >= 11 is 1.68. The van der Waals surface area contributed by atoms with Crippen molar-refractivity contribution >= 4 is 23.6 Å². The summed E-state index contributed by atoms with van der Waals surface area (Å²) in [6.45, 7) is 6.71. The molecular formula is C18H25NO3S. The lowest BCUT2D eigenvalue weighted by Crippen LogP contribution is -2.49. The van der Waals surface area contributed by atoms with Crippen LogP contribution in [0.25, 0.3) is 0 Å². The van der Waals surface area contributed by atoms with Crippen molar-refractivity contribution in [2.75, 3.05) is 12.3 Å². The van der Waals surface area contributed by atoms with E-state index in [1.54, 1.807) is 16.7 Å². The molecule has 1 aromatic carbocycles. The third kappa shape index (κ3) is 4.50. The number of carbonyl (C=O) groups is 2. The molecule has 1 aromatic rings. The molecule has 1 amide bonds. The Kier molecular flexibility index (Phi) is 6.10. The number of nitrogens with zero attached hydrogens (tertiary/aromatic N) is 1. The first kappa shape index (κ1) is 17.9. The summed E-state index contributed by atoms with van der Waals surface area (Å²) in [7, 11) is 0. The van der Waals surface area contributed by atoms with Gasteiger partial charge in [0.05, 0.1) is 5.92 Å². The lowest BCUT2D eigenvalue weighted by molar-refractivity contribution is -0.148. The Hall–Kier alpha value is -1.49. The van der Waals surface area contributed by atoms with Crippen LogP contribution in [0.15, 0.2) is 23.1 Å². The highest BCUT2D eigenvalue weighted by molar-refractivity contribution is 7.99. The molecule has 0 aliphatic carbocycles. The summed E-state index contributed by atoms with van der Waals surface area (Å²) in [5, 5.41) is 9.24. The van der Waals surface area contributed by atoms with Gasteiger partial charge < -0.3 is 10.0 Å².